The van der Waals surface area contributed by atoms with Gasteiger partial charge in [-0.1, -0.05) is 28.1 Å². The maximum Gasteiger partial charge on any atom is 0.412 e. The lowest BCUT2D eigenvalue weighted by molar-refractivity contribution is -0.147. The number of amidine groups is 1. The summed E-state index contributed by atoms with van der Waals surface area (Å²) in [5.41, 5.74) is 5.52. The lowest BCUT2D eigenvalue weighted by Crippen LogP contribution is -2.37. The maximum absolute atomic E-state index is 11.9. The van der Waals surface area contributed by atoms with Crippen LogP contribution in [0.4, 0.5) is 10.5 Å². The summed E-state index contributed by atoms with van der Waals surface area (Å²) in [5, 5.41) is 8.95. The molecule has 0 saturated heterocycles. The molecule has 1 aromatic carbocycles. The van der Waals surface area contributed by atoms with Gasteiger partial charge in [0, 0.05) is 13.0 Å². The van der Waals surface area contributed by atoms with E-state index in [-0.39, 0.29) is 22.0 Å². The van der Waals surface area contributed by atoms with E-state index in [9.17, 15) is 14.4 Å². The highest BCUT2D eigenvalue weighted by Gasteiger charge is 2.18. The average Bonchev–Trinajstić information content (AvgIpc) is 3.14. The molecule has 2 aromatic rings. The molecule has 178 valence electrons. The summed E-state index contributed by atoms with van der Waals surface area (Å²) in [6, 6.07) is 3.76. The number of amides is 2. The van der Waals surface area contributed by atoms with Crippen LogP contribution in [0, 0.1) is 0 Å². The molecule has 2 amide bonds. The normalized spacial score (nSPS) is 12.5. The third-order valence-electron chi connectivity index (χ3n) is 3.53. The van der Waals surface area contributed by atoms with Gasteiger partial charge in [0.05, 0.1) is 21.8 Å². The number of oxime groups is 1. The number of rotatable bonds is 7. The highest BCUT2D eigenvalue weighted by atomic mass is 35.5. The fourth-order valence-electron chi connectivity index (χ4n) is 2.18. The molecule has 1 heterocycles. The van der Waals surface area contributed by atoms with Crippen LogP contribution < -0.4 is 21.1 Å². The number of halogens is 1. The number of nitrogens with one attached hydrogen (secondary N) is 2. The first-order valence-electron chi connectivity index (χ1n) is 9.59. The molecule has 0 spiro atoms. The molecule has 13 heteroatoms. The lowest BCUT2D eigenvalue weighted by atomic mass is 10.2. The van der Waals surface area contributed by atoms with Crippen molar-refractivity contribution in [3.63, 3.8) is 0 Å². The third-order valence-corrected chi connectivity index (χ3v) is 4.74. The van der Waals surface area contributed by atoms with E-state index >= 15 is 0 Å². The van der Waals surface area contributed by atoms with Crippen LogP contribution in [0.25, 0.3) is 0 Å². The molecule has 2 rings (SSSR count). The molecule has 11 nitrogen and oxygen atoms in total. The van der Waals surface area contributed by atoms with E-state index in [2.05, 4.69) is 20.8 Å². The van der Waals surface area contributed by atoms with Crippen molar-refractivity contribution in [1.29, 1.82) is 0 Å². The first-order valence-corrected chi connectivity index (χ1v) is 10.8. The summed E-state index contributed by atoms with van der Waals surface area (Å²) in [6.45, 7) is 7.98. The molecule has 1 unspecified atom stereocenters. The molecule has 4 N–H and O–H groups in total. The van der Waals surface area contributed by atoms with Crippen LogP contribution in [0.2, 0.25) is 5.02 Å². The molecule has 0 aliphatic heterocycles. The molecule has 0 bridgehead atoms. The van der Waals surface area contributed by atoms with Gasteiger partial charge in [-0.3, -0.25) is 10.1 Å². The van der Waals surface area contributed by atoms with Crippen molar-refractivity contribution < 1.29 is 28.7 Å². The van der Waals surface area contributed by atoms with Crippen LogP contribution in [0.15, 0.2) is 29.6 Å². The summed E-state index contributed by atoms with van der Waals surface area (Å²) in [5.74, 6) is -0.888. The number of nitrogens with zero attached hydrogens (tertiary/aromatic N) is 2. The molecular weight excluding hydrogens is 474 g/mol. The Labute approximate surface area is 199 Å². The minimum atomic E-state index is -0.878. The molecule has 33 heavy (non-hydrogen) atoms. The third kappa shape index (κ3) is 8.58. The van der Waals surface area contributed by atoms with Crippen molar-refractivity contribution in [2.75, 3.05) is 5.32 Å². The van der Waals surface area contributed by atoms with Gasteiger partial charge < -0.3 is 25.4 Å². The zero-order valence-corrected chi connectivity index (χ0v) is 20.2. The van der Waals surface area contributed by atoms with Gasteiger partial charge in [-0.25, -0.2) is 14.6 Å². The summed E-state index contributed by atoms with van der Waals surface area (Å²) in [6.07, 6.45) is 0.758. The molecule has 0 fully saturated rings. The van der Waals surface area contributed by atoms with E-state index in [4.69, 9.17) is 31.6 Å². The van der Waals surface area contributed by atoms with Crippen molar-refractivity contribution in [1.82, 2.24) is 10.3 Å². The van der Waals surface area contributed by atoms with Crippen LogP contribution in [0.1, 0.15) is 39.5 Å². The number of aromatic nitrogens is 1. The molecular formula is C20H24ClN5O6S. The van der Waals surface area contributed by atoms with E-state index in [1.165, 1.54) is 26.1 Å². The minimum absolute atomic E-state index is 0.0966. The molecule has 0 saturated carbocycles. The van der Waals surface area contributed by atoms with Crippen molar-refractivity contribution in [3.8, 4) is 10.9 Å². The van der Waals surface area contributed by atoms with Gasteiger partial charge in [-0.05, 0) is 39.8 Å². The number of hydrogen-bond acceptors (Lipinski definition) is 9. The molecule has 0 aliphatic rings. The average molecular weight is 498 g/mol. The van der Waals surface area contributed by atoms with Crippen LogP contribution in [0.3, 0.4) is 0 Å². The number of carbonyl (C=O) groups excluding carboxylic acids is 3. The van der Waals surface area contributed by atoms with E-state index in [0.717, 1.165) is 11.3 Å². The topological polar surface area (TPSA) is 154 Å². The first kappa shape index (κ1) is 25.9. The van der Waals surface area contributed by atoms with Crippen molar-refractivity contribution in [3.05, 3.63) is 34.3 Å². The Kier molecular flexibility index (Phi) is 8.60. The number of ether oxygens (including phenoxy) is 2. The predicted molar refractivity (Wildman–Crippen MR) is 124 cm³/mol. The standard InChI is InChI=1S/C20H24ClN5O6S/c1-10(24-11(2)27)17(28)32-26-16(22)15-9-23-19(33-15)30-12-6-7-14(13(21)8-12)25-18(29)31-20(3,4)5/h6-10H,1-5H3,(H2,22,26)(H,24,27)(H,25,29). The van der Waals surface area contributed by atoms with Crippen molar-refractivity contribution in [2.45, 2.75) is 46.3 Å². The van der Waals surface area contributed by atoms with E-state index in [0.29, 0.717) is 16.3 Å². The molecule has 1 atom stereocenters. The zero-order chi connectivity index (χ0) is 24.8. The van der Waals surface area contributed by atoms with E-state index < -0.39 is 23.7 Å². The van der Waals surface area contributed by atoms with E-state index in [1.54, 1.807) is 32.9 Å². The molecule has 0 radical (unpaired) electrons. The highest BCUT2D eigenvalue weighted by Crippen LogP contribution is 2.32. The van der Waals surface area contributed by atoms with Gasteiger partial charge in [-0.15, -0.1) is 0 Å². The van der Waals surface area contributed by atoms with Gasteiger partial charge in [0.2, 0.25) is 5.91 Å². The van der Waals surface area contributed by atoms with Crippen LogP contribution in [0.5, 0.6) is 10.9 Å². The smallest absolute Gasteiger partial charge is 0.412 e. The van der Waals surface area contributed by atoms with Gasteiger partial charge in [0.1, 0.15) is 17.4 Å². The number of hydrogen-bond donors (Lipinski definition) is 3. The van der Waals surface area contributed by atoms with Gasteiger partial charge in [-0.2, -0.15) is 0 Å². The molecule has 0 aliphatic carbocycles. The van der Waals surface area contributed by atoms with E-state index in [1.807, 2.05) is 0 Å². The number of anilines is 1. The highest BCUT2D eigenvalue weighted by molar-refractivity contribution is 7.15. The Morgan fingerprint density at radius 1 is 1.27 bits per heavy atom. The Hall–Kier alpha value is -3.38. The fraction of sp³-hybridized carbons (Fsp3) is 0.350. The second-order valence-electron chi connectivity index (χ2n) is 7.67. The summed E-state index contributed by atoms with van der Waals surface area (Å²) >= 11 is 7.26. The Bertz CT molecular complexity index is 1070. The Morgan fingerprint density at radius 2 is 1.97 bits per heavy atom. The SMILES string of the molecule is CC(=O)NC(C)C(=O)O/N=C(\N)c1cnc(Oc2ccc(NC(=O)OC(C)(C)C)c(Cl)c2)s1. The Balaban J connectivity index is 1.99. The summed E-state index contributed by atoms with van der Waals surface area (Å²) in [7, 11) is 0. The maximum atomic E-state index is 11.9. The van der Waals surface area contributed by atoms with Crippen LogP contribution in [-0.4, -0.2) is 40.4 Å². The second kappa shape index (κ2) is 11.0. The number of thiazole rings is 1. The monoisotopic (exact) mass is 497 g/mol. The van der Waals surface area contributed by atoms with Crippen molar-refractivity contribution in [2.24, 2.45) is 10.9 Å². The number of carbonyl (C=O) groups is 3. The summed E-state index contributed by atoms with van der Waals surface area (Å²) < 4.78 is 10.8. The fourth-order valence-corrected chi connectivity index (χ4v) is 3.08. The van der Waals surface area contributed by atoms with Gasteiger partial charge in [0.25, 0.3) is 5.19 Å². The zero-order valence-electron chi connectivity index (χ0n) is 18.6. The Morgan fingerprint density at radius 3 is 2.58 bits per heavy atom. The quantitative estimate of drug-likeness (QED) is 0.227. The van der Waals surface area contributed by atoms with Gasteiger partial charge in [0.15, 0.2) is 5.84 Å². The largest absolute Gasteiger partial charge is 0.444 e. The number of nitrogens with two attached hydrogens (primary N) is 1. The first-order chi connectivity index (χ1) is 15.3. The predicted octanol–water partition coefficient (Wildman–Crippen LogP) is 3.62. The van der Waals surface area contributed by atoms with Crippen LogP contribution in [-0.2, 0) is 19.2 Å². The number of benzene rings is 1. The minimum Gasteiger partial charge on any atom is -0.444 e. The van der Waals surface area contributed by atoms with Crippen LogP contribution >= 0.6 is 22.9 Å². The second-order valence-corrected chi connectivity index (χ2v) is 9.07. The van der Waals surface area contributed by atoms with Gasteiger partial charge >= 0.3 is 12.1 Å². The lowest BCUT2D eigenvalue weighted by Gasteiger charge is -2.20. The van der Waals surface area contributed by atoms with Crippen molar-refractivity contribution >= 4 is 52.4 Å². The molecule has 1 aromatic heterocycles. The summed E-state index contributed by atoms with van der Waals surface area (Å²) in [4.78, 5) is 43.8.